The number of anilines is 2. The van der Waals surface area contributed by atoms with Crippen molar-refractivity contribution in [2.24, 2.45) is 0 Å². The average molecular weight is 473 g/mol. The van der Waals surface area contributed by atoms with Crippen LogP contribution in [0.15, 0.2) is 42.7 Å². The number of fused-ring (bicyclic) bond motifs is 3. The second-order valence-corrected chi connectivity index (χ2v) is 9.79. The molecule has 4 heterocycles. The number of nitrogens with zero attached hydrogens (tertiary/aromatic N) is 5. The van der Waals surface area contributed by atoms with Crippen LogP contribution in [0.4, 0.5) is 16.0 Å². The highest BCUT2D eigenvalue weighted by Gasteiger charge is 2.34. The van der Waals surface area contributed by atoms with Crippen LogP contribution in [0.3, 0.4) is 0 Å². The van der Waals surface area contributed by atoms with Crippen molar-refractivity contribution in [3.63, 3.8) is 0 Å². The molecule has 1 aliphatic carbocycles. The first kappa shape index (κ1) is 22.1. The SMILES string of the molecule is CCC1(O)CCCc2ccc(-n3cc(F)c4cnc(Nc5ccc6c(c5)CN(C)CC6)nc43)nc21. The number of rotatable bonds is 4. The first-order valence-electron chi connectivity index (χ1n) is 12.3. The van der Waals surface area contributed by atoms with Crippen LogP contribution in [0.2, 0.25) is 0 Å². The second kappa shape index (κ2) is 8.39. The first-order chi connectivity index (χ1) is 16.9. The Hall–Kier alpha value is -3.36. The molecule has 1 aromatic carbocycles. The van der Waals surface area contributed by atoms with E-state index in [1.54, 1.807) is 4.57 Å². The number of aryl methyl sites for hydroxylation is 1. The van der Waals surface area contributed by atoms with Gasteiger partial charge in [-0.15, -0.1) is 0 Å². The van der Waals surface area contributed by atoms with E-state index in [9.17, 15) is 9.50 Å². The molecule has 1 atom stereocenters. The van der Waals surface area contributed by atoms with E-state index in [-0.39, 0.29) is 0 Å². The van der Waals surface area contributed by atoms with Crippen LogP contribution in [0.1, 0.15) is 48.6 Å². The Morgan fingerprint density at radius 2 is 1.97 bits per heavy atom. The smallest absolute Gasteiger partial charge is 0.229 e. The molecule has 0 radical (unpaired) electrons. The molecule has 8 heteroatoms. The van der Waals surface area contributed by atoms with Gasteiger partial charge in [0.2, 0.25) is 5.95 Å². The minimum atomic E-state index is -0.951. The summed E-state index contributed by atoms with van der Waals surface area (Å²) in [6.07, 6.45) is 7.02. The standard InChI is InChI=1S/C27H29FN6O/c1-3-27(35)11-4-5-18-7-9-23(31-24(18)27)34-16-22(28)21-14-29-26(32-25(21)34)30-20-8-6-17-10-12-33(2)15-19(17)13-20/h6-9,13-14,16,35H,3-5,10-12,15H2,1-2H3,(H,29,30,32). The van der Waals surface area contributed by atoms with Gasteiger partial charge < -0.3 is 15.3 Å². The fraction of sp³-hybridized carbons (Fsp3) is 0.370. The third kappa shape index (κ3) is 3.86. The minimum Gasteiger partial charge on any atom is -0.384 e. The molecule has 7 nitrogen and oxygen atoms in total. The molecular formula is C27H29FN6O. The van der Waals surface area contributed by atoms with Crippen molar-refractivity contribution >= 4 is 22.7 Å². The highest BCUT2D eigenvalue weighted by molar-refractivity contribution is 5.79. The van der Waals surface area contributed by atoms with E-state index in [4.69, 9.17) is 4.98 Å². The van der Waals surface area contributed by atoms with Crippen LogP contribution in [0.25, 0.3) is 16.9 Å². The topological polar surface area (TPSA) is 79.1 Å². The summed E-state index contributed by atoms with van der Waals surface area (Å²) in [6.45, 7) is 3.94. The zero-order chi connectivity index (χ0) is 24.2. The van der Waals surface area contributed by atoms with E-state index >= 15 is 0 Å². The van der Waals surface area contributed by atoms with E-state index in [0.29, 0.717) is 41.3 Å². The summed E-state index contributed by atoms with van der Waals surface area (Å²) in [5, 5.41) is 14.8. The lowest BCUT2D eigenvalue weighted by atomic mass is 9.81. The molecule has 0 spiro atoms. The molecule has 35 heavy (non-hydrogen) atoms. The fourth-order valence-corrected chi connectivity index (χ4v) is 5.36. The Bertz CT molecular complexity index is 1430. The number of benzene rings is 1. The van der Waals surface area contributed by atoms with Crippen LogP contribution >= 0.6 is 0 Å². The molecule has 2 aliphatic rings. The molecule has 3 aromatic heterocycles. The number of hydrogen-bond acceptors (Lipinski definition) is 6. The Labute approximate surface area is 203 Å². The Kier molecular flexibility index (Phi) is 5.30. The lowest BCUT2D eigenvalue weighted by molar-refractivity contribution is 0.0103. The quantitative estimate of drug-likeness (QED) is 0.451. The van der Waals surface area contributed by atoms with Crippen molar-refractivity contribution in [2.45, 2.75) is 51.2 Å². The third-order valence-corrected chi connectivity index (χ3v) is 7.44. The van der Waals surface area contributed by atoms with Crippen molar-refractivity contribution in [3.05, 3.63) is 70.9 Å². The maximum Gasteiger partial charge on any atom is 0.229 e. The monoisotopic (exact) mass is 472 g/mol. The van der Waals surface area contributed by atoms with Gasteiger partial charge in [0.25, 0.3) is 0 Å². The number of halogens is 1. The molecule has 0 saturated heterocycles. The van der Waals surface area contributed by atoms with Crippen molar-refractivity contribution in [3.8, 4) is 5.82 Å². The van der Waals surface area contributed by atoms with Gasteiger partial charge in [0.15, 0.2) is 11.5 Å². The zero-order valence-electron chi connectivity index (χ0n) is 20.1. The van der Waals surface area contributed by atoms with E-state index in [1.165, 1.54) is 23.5 Å². The summed E-state index contributed by atoms with van der Waals surface area (Å²) in [5.74, 6) is 0.519. The molecule has 0 bridgehead atoms. The predicted octanol–water partition coefficient (Wildman–Crippen LogP) is 4.62. The average Bonchev–Trinajstić information content (AvgIpc) is 3.19. The van der Waals surface area contributed by atoms with Gasteiger partial charge in [-0.25, -0.2) is 14.4 Å². The molecule has 0 fully saturated rings. The van der Waals surface area contributed by atoms with Crippen molar-refractivity contribution in [2.75, 3.05) is 18.9 Å². The largest absolute Gasteiger partial charge is 0.384 e. The summed E-state index contributed by atoms with van der Waals surface area (Å²) in [7, 11) is 2.12. The number of aromatic nitrogens is 4. The lowest BCUT2D eigenvalue weighted by Gasteiger charge is -2.32. The van der Waals surface area contributed by atoms with Gasteiger partial charge >= 0.3 is 0 Å². The van der Waals surface area contributed by atoms with Crippen molar-refractivity contribution in [1.82, 2.24) is 24.4 Å². The Morgan fingerprint density at radius 3 is 2.83 bits per heavy atom. The van der Waals surface area contributed by atoms with Gasteiger partial charge in [-0.3, -0.25) is 4.57 Å². The van der Waals surface area contributed by atoms with Crippen LogP contribution in [0, 0.1) is 5.82 Å². The first-order valence-corrected chi connectivity index (χ1v) is 12.3. The van der Waals surface area contributed by atoms with Crippen molar-refractivity contribution < 1.29 is 9.50 Å². The molecule has 0 saturated carbocycles. The van der Waals surface area contributed by atoms with Crippen LogP contribution in [-0.2, 0) is 25.0 Å². The molecule has 0 amide bonds. The van der Waals surface area contributed by atoms with Crippen LogP contribution in [0.5, 0.6) is 0 Å². The molecular weight excluding hydrogens is 443 g/mol. The Morgan fingerprint density at radius 1 is 1.11 bits per heavy atom. The molecule has 6 rings (SSSR count). The highest BCUT2D eigenvalue weighted by Crippen LogP contribution is 2.37. The van der Waals surface area contributed by atoms with Crippen molar-refractivity contribution in [1.29, 1.82) is 0 Å². The third-order valence-electron chi connectivity index (χ3n) is 7.44. The van der Waals surface area contributed by atoms with Gasteiger partial charge in [0, 0.05) is 31.2 Å². The minimum absolute atomic E-state index is 0.327. The maximum atomic E-state index is 14.8. The van der Waals surface area contributed by atoms with E-state index in [1.807, 2.05) is 25.1 Å². The van der Waals surface area contributed by atoms with Crippen LogP contribution in [-0.4, -0.2) is 43.1 Å². The highest BCUT2D eigenvalue weighted by atomic mass is 19.1. The molecule has 180 valence electrons. The molecule has 2 N–H and O–H groups in total. The Balaban J connectivity index is 1.38. The normalized spacial score (nSPS) is 20.0. The van der Waals surface area contributed by atoms with Gasteiger partial charge in [-0.1, -0.05) is 19.1 Å². The summed E-state index contributed by atoms with van der Waals surface area (Å²) in [5.41, 5.74) is 4.78. The van der Waals surface area contributed by atoms with Crippen LogP contribution < -0.4 is 5.32 Å². The second-order valence-electron chi connectivity index (χ2n) is 9.79. The van der Waals surface area contributed by atoms with Gasteiger partial charge in [-0.05, 0) is 74.0 Å². The molecule has 1 aliphatic heterocycles. The summed E-state index contributed by atoms with van der Waals surface area (Å²) < 4.78 is 16.5. The van der Waals surface area contributed by atoms with E-state index in [0.717, 1.165) is 43.6 Å². The van der Waals surface area contributed by atoms with E-state index in [2.05, 4.69) is 39.4 Å². The number of hydrogen-bond donors (Lipinski definition) is 2. The summed E-state index contributed by atoms with van der Waals surface area (Å²) in [6, 6.07) is 10.2. The number of aliphatic hydroxyl groups is 1. The molecule has 4 aromatic rings. The summed E-state index contributed by atoms with van der Waals surface area (Å²) in [4.78, 5) is 16.1. The maximum absolute atomic E-state index is 14.8. The van der Waals surface area contributed by atoms with Gasteiger partial charge in [0.1, 0.15) is 11.4 Å². The number of pyridine rings is 1. The van der Waals surface area contributed by atoms with Gasteiger partial charge in [-0.2, -0.15) is 4.98 Å². The summed E-state index contributed by atoms with van der Waals surface area (Å²) >= 11 is 0. The fourth-order valence-electron chi connectivity index (χ4n) is 5.36. The number of nitrogens with one attached hydrogen (secondary N) is 1. The zero-order valence-corrected chi connectivity index (χ0v) is 20.1. The predicted molar refractivity (Wildman–Crippen MR) is 134 cm³/mol. The lowest BCUT2D eigenvalue weighted by Crippen LogP contribution is -2.31. The molecule has 1 unspecified atom stereocenters. The van der Waals surface area contributed by atoms with Gasteiger partial charge in [0.05, 0.1) is 11.1 Å². The number of likely N-dealkylation sites (N-methyl/N-ethyl adjacent to an activating group) is 1. The van der Waals surface area contributed by atoms with E-state index < -0.39 is 11.4 Å².